The highest BCUT2D eigenvalue weighted by molar-refractivity contribution is 5.72. The van der Waals surface area contributed by atoms with Crippen molar-refractivity contribution in [1.82, 2.24) is 0 Å². The highest BCUT2D eigenvalue weighted by Gasteiger charge is 2.23. The molecule has 74 valence electrons. The Morgan fingerprint density at radius 1 is 1.57 bits per heavy atom. The average Bonchev–Trinajstić information content (AvgIpc) is 2.26. The minimum Gasteiger partial charge on any atom is -0.303 e. The predicted octanol–water partition coefficient (Wildman–Crippen LogP) is 2.31. The van der Waals surface area contributed by atoms with Crippen LogP contribution in [0.25, 0.3) is 0 Å². The molecule has 2 rings (SSSR count). The molecule has 0 radical (unpaired) electrons. The minimum absolute atomic E-state index is 0.458. The van der Waals surface area contributed by atoms with E-state index in [9.17, 15) is 4.79 Å². The molecule has 0 N–H and O–H groups in total. The van der Waals surface area contributed by atoms with Crippen LogP contribution in [0.3, 0.4) is 0 Å². The van der Waals surface area contributed by atoms with Crippen LogP contribution >= 0.6 is 0 Å². The normalized spacial score (nSPS) is 29.6. The fourth-order valence-corrected chi connectivity index (χ4v) is 2.15. The number of dihydropyridines is 1. The molecule has 0 bridgehead atoms. The lowest BCUT2D eigenvalue weighted by molar-refractivity contribution is -0.107. The topological polar surface area (TPSA) is 29.4 Å². The van der Waals surface area contributed by atoms with Crippen molar-refractivity contribution < 1.29 is 4.79 Å². The van der Waals surface area contributed by atoms with Gasteiger partial charge in [0.15, 0.2) is 0 Å². The molecular weight excluding hydrogens is 174 g/mol. The number of aliphatic imine (C=N–C) groups is 1. The number of hydrogen-bond acceptors (Lipinski definition) is 2. The highest BCUT2D eigenvalue weighted by Crippen LogP contribution is 2.31. The molecule has 1 aliphatic heterocycles. The van der Waals surface area contributed by atoms with Crippen molar-refractivity contribution in [1.29, 1.82) is 0 Å². The molecule has 2 nitrogen and oxygen atoms in total. The Kier molecular flexibility index (Phi) is 2.92. The van der Waals surface area contributed by atoms with Crippen molar-refractivity contribution in [3.63, 3.8) is 0 Å². The van der Waals surface area contributed by atoms with Crippen LogP contribution in [0, 0.1) is 5.92 Å². The van der Waals surface area contributed by atoms with Crippen molar-refractivity contribution in [3.05, 3.63) is 23.8 Å². The molecule has 0 saturated heterocycles. The third-order valence-corrected chi connectivity index (χ3v) is 2.95. The Labute approximate surface area is 84.4 Å². The molecule has 2 aliphatic rings. The second-order valence-corrected chi connectivity index (χ2v) is 3.92. The molecule has 14 heavy (non-hydrogen) atoms. The number of allylic oxidation sites excluding steroid dienone is 2. The quantitative estimate of drug-likeness (QED) is 0.495. The summed E-state index contributed by atoms with van der Waals surface area (Å²) in [6.45, 7) is 0. The Morgan fingerprint density at radius 2 is 2.50 bits per heavy atom. The first kappa shape index (κ1) is 9.38. The number of nitrogens with zero attached hydrogens (tertiary/aromatic N) is 1. The Bertz CT molecular complexity index is 301. The minimum atomic E-state index is 0.458. The van der Waals surface area contributed by atoms with Crippen LogP contribution in [0.2, 0.25) is 0 Å². The maximum atomic E-state index is 10.3. The zero-order valence-electron chi connectivity index (χ0n) is 8.23. The van der Waals surface area contributed by atoms with Gasteiger partial charge < -0.3 is 4.79 Å². The second kappa shape index (κ2) is 4.36. The smallest absolute Gasteiger partial charge is 0.120 e. The van der Waals surface area contributed by atoms with Gasteiger partial charge in [0.25, 0.3) is 0 Å². The number of carbonyl (C=O) groups is 1. The average molecular weight is 189 g/mol. The van der Waals surface area contributed by atoms with Crippen molar-refractivity contribution >= 4 is 12.5 Å². The first-order chi connectivity index (χ1) is 6.90. The van der Waals surface area contributed by atoms with Gasteiger partial charge in [-0.2, -0.15) is 0 Å². The van der Waals surface area contributed by atoms with E-state index in [-0.39, 0.29) is 0 Å². The van der Waals surface area contributed by atoms with Gasteiger partial charge in [0.2, 0.25) is 0 Å². The van der Waals surface area contributed by atoms with Gasteiger partial charge in [-0.25, -0.2) is 0 Å². The van der Waals surface area contributed by atoms with Crippen LogP contribution in [-0.4, -0.2) is 18.5 Å². The van der Waals surface area contributed by atoms with Gasteiger partial charge in [-0.05, 0) is 25.3 Å². The maximum absolute atomic E-state index is 10.3. The van der Waals surface area contributed by atoms with Gasteiger partial charge in [0, 0.05) is 18.6 Å². The standard InChI is InChI=1S/C12H15NO/c14-8-2-3-10-5-6-12-11(9-10)4-1-7-13-12/h1,4-5,7-8,11-12H,2-3,6,9H2/t11-,12?/m1/s1. The molecule has 0 spiro atoms. The van der Waals surface area contributed by atoms with Crippen molar-refractivity contribution in [2.45, 2.75) is 31.7 Å². The second-order valence-electron chi connectivity index (χ2n) is 3.92. The number of aldehydes is 1. The van der Waals surface area contributed by atoms with Gasteiger partial charge in [-0.1, -0.05) is 17.7 Å². The van der Waals surface area contributed by atoms with Gasteiger partial charge in [-0.3, -0.25) is 4.99 Å². The molecule has 1 unspecified atom stereocenters. The van der Waals surface area contributed by atoms with Crippen LogP contribution < -0.4 is 0 Å². The molecule has 2 atom stereocenters. The lowest BCUT2D eigenvalue weighted by atomic mass is 9.82. The van der Waals surface area contributed by atoms with Crippen molar-refractivity contribution in [3.8, 4) is 0 Å². The lowest BCUT2D eigenvalue weighted by Gasteiger charge is -2.28. The first-order valence-electron chi connectivity index (χ1n) is 5.21. The molecule has 0 saturated carbocycles. The maximum Gasteiger partial charge on any atom is 0.120 e. The van der Waals surface area contributed by atoms with E-state index < -0.39 is 0 Å². The van der Waals surface area contributed by atoms with Gasteiger partial charge in [0.1, 0.15) is 6.29 Å². The summed E-state index contributed by atoms with van der Waals surface area (Å²) in [6, 6.07) is 0.458. The predicted molar refractivity (Wildman–Crippen MR) is 57.5 cm³/mol. The van der Waals surface area contributed by atoms with Gasteiger partial charge >= 0.3 is 0 Å². The lowest BCUT2D eigenvalue weighted by Crippen LogP contribution is -2.22. The number of rotatable bonds is 3. The van der Waals surface area contributed by atoms with Crippen molar-refractivity contribution in [2.75, 3.05) is 0 Å². The molecule has 2 heteroatoms. The van der Waals surface area contributed by atoms with E-state index in [0.29, 0.717) is 18.4 Å². The van der Waals surface area contributed by atoms with Crippen LogP contribution in [0.1, 0.15) is 25.7 Å². The summed E-state index contributed by atoms with van der Waals surface area (Å²) < 4.78 is 0. The van der Waals surface area contributed by atoms with E-state index in [0.717, 1.165) is 25.5 Å². The van der Waals surface area contributed by atoms with E-state index >= 15 is 0 Å². The molecule has 1 heterocycles. The zero-order chi connectivity index (χ0) is 9.80. The number of fused-ring (bicyclic) bond motifs is 1. The summed E-state index contributed by atoms with van der Waals surface area (Å²) in [5, 5.41) is 0. The molecular formula is C12H15NO. The highest BCUT2D eigenvalue weighted by atomic mass is 16.1. The van der Waals surface area contributed by atoms with E-state index in [1.807, 2.05) is 12.3 Å². The van der Waals surface area contributed by atoms with E-state index in [1.54, 1.807) is 0 Å². The summed E-state index contributed by atoms with van der Waals surface area (Å²) in [7, 11) is 0. The van der Waals surface area contributed by atoms with E-state index in [4.69, 9.17) is 0 Å². The summed E-state index contributed by atoms with van der Waals surface area (Å²) >= 11 is 0. The van der Waals surface area contributed by atoms with Crippen molar-refractivity contribution in [2.24, 2.45) is 10.9 Å². The third kappa shape index (κ3) is 2.00. The molecule has 0 fully saturated rings. The van der Waals surface area contributed by atoms with Crippen LogP contribution in [0.4, 0.5) is 0 Å². The van der Waals surface area contributed by atoms with E-state index in [1.165, 1.54) is 5.57 Å². The Balaban J connectivity index is 1.97. The summed E-state index contributed by atoms with van der Waals surface area (Å²) in [4.78, 5) is 14.7. The summed E-state index contributed by atoms with van der Waals surface area (Å²) in [5.74, 6) is 0.576. The molecule has 0 amide bonds. The molecule has 0 aromatic heterocycles. The van der Waals surface area contributed by atoms with E-state index in [2.05, 4.69) is 17.1 Å². The Hall–Kier alpha value is -1.18. The third-order valence-electron chi connectivity index (χ3n) is 2.95. The summed E-state index contributed by atoms with van der Waals surface area (Å²) in [5.41, 5.74) is 1.43. The fraction of sp³-hybridized carbons (Fsp3) is 0.500. The monoisotopic (exact) mass is 189 g/mol. The Morgan fingerprint density at radius 3 is 3.36 bits per heavy atom. The first-order valence-corrected chi connectivity index (χ1v) is 5.21. The van der Waals surface area contributed by atoms with Crippen LogP contribution in [-0.2, 0) is 4.79 Å². The summed E-state index contributed by atoms with van der Waals surface area (Å²) in [6.07, 6.45) is 13.2. The van der Waals surface area contributed by atoms with Gasteiger partial charge in [0.05, 0.1) is 6.04 Å². The van der Waals surface area contributed by atoms with Crippen LogP contribution in [0.15, 0.2) is 28.8 Å². The molecule has 0 aromatic rings. The SMILES string of the molecule is O=CCCC1=CCC2N=CC=C[C@@H]2C1. The number of hydrogen-bond donors (Lipinski definition) is 0. The molecule has 1 aliphatic carbocycles. The fourth-order valence-electron chi connectivity index (χ4n) is 2.15. The number of carbonyl (C=O) groups excluding carboxylic acids is 1. The van der Waals surface area contributed by atoms with Crippen LogP contribution in [0.5, 0.6) is 0 Å². The molecule has 0 aromatic carbocycles. The zero-order valence-corrected chi connectivity index (χ0v) is 8.23. The van der Waals surface area contributed by atoms with Gasteiger partial charge in [-0.15, -0.1) is 0 Å². The largest absolute Gasteiger partial charge is 0.303 e.